The molecule has 0 radical (unpaired) electrons. The van der Waals surface area contributed by atoms with Crippen LogP contribution in [0.1, 0.15) is 29.7 Å². The fourth-order valence-electron chi connectivity index (χ4n) is 2.40. The molecule has 0 heterocycles. The molecule has 2 aromatic rings. The number of rotatable bonds is 5. The van der Waals surface area contributed by atoms with Crippen LogP contribution < -0.4 is 10.1 Å². The molecule has 0 bridgehead atoms. The number of aryl methyl sites for hydroxylation is 1. The van der Waals surface area contributed by atoms with Crippen LogP contribution in [0.2, 0.25) is 5.02 Å². The van der Waals surface area contributed by atoms with E-state index in [2.05, 4.69) is 53.3 Å². The zero-order chi connectivity index (χ0) is 15.4. The summed E-state index contributed by atoms with van der Waals surface area (Å²) in [5.41, 5.74) is 3.58. The highest BCUT2D eigenvalue weighted by atomic mass is 79.9. The van der Waals surface area contributed by atoms with Crippen molar-refractivity contribution < 1.29 is 4.74 Å². The topological polar surface area (TPSA) is 21.3 Å². The van der Waals surface area contributed by atoms with E-state index in [1.54, 1.807) is 7.11 Å². The fourth-order valence-corrected chi connectivity index (χ4v) is 2.84. The van der Waals surface area contributed by atoms with Gasteiger partial charge in [0.15, 0.2) is 0 Å². The summed E-state index contributed by atoms with van der Waals surface area (Å²) in [5.74, 6) is 0.875. The first-order chi connectivity index (χ1) is 10.1. The van der Waals surface area contributed by atoms with Gasteiger partial charge in [-0.25, -0.2) is 0 Å². The minimum atomic E-state index is 0.117. The lowest BCUT2D eigenvalue weighted by Gasteiger charge is -2.22. The number of ether oxygens (including phenoxy) is 1. The number of nitrogens with one attached hydrogen (secondary N) is 1. The molecule has 0 aliphatic heterocycles. The second kappa shape index (κ2) is 7.30. The van der Waals surface area contributed by atoms with Gasteiger partial charge in [0.2, 0.25) is 0 Å². The summed E-state index contributed by atoms with van der Waals surface area (Å²) in [5, 5.41) is 4.25. The van der Waals surface area contributed by atoms with E-state index < -0.39 is 0 Å². The second-order valence-corrected chi connectivity index (χ2v) is 6.15. The minimum Gasteiger partial charge on any atom is -0.497 e. The highest BCUT2D eigenvalue weighted by Gasteiger charge is 2.16. The lowest BCUT2D eigenvalue weighted by molar-refractivity contribution is 0.414. The summed E-state index contributed by atoms with van der Waals surface area (Å²) in [4.78, 5) is 0. The van der Waals surface area contributed by atoms with E-state index >= 15 is 0 Å². The Bertz CT molecular complexity index is 630. The van der Waals surface area contributed by atoms with E-state index in [1.807, 2.05) is 18.2 Å². The largest absolute Gasteiger partial charge is 0.497 e. The molecule has 0 saturated heterocycles. The number of hydrogen-bond acceptors (Lipinski definition) is 2. The average Bonchev–Trinajstić information content (AvgIpc) is 2.48. The summed E-state index contributed by atoms with van der Waals surface area (Å²) < 4.78 is 6.19. The molecule has 0 spiro atoms. The molecule has 1 unspecified atom stereocenters. The van der Waals surface area contributed by atoms with Crippen LogP contribution in [-0.2, 0) is 0 Å². The smallest absolute Gasteiger partial charge is 0.119 e. The Kier molecular flexibility index (Phi) is 5.68. The number of halogens is 2. The van der Waals surface area contributed by atoms with Crippen LogP contribution in [0.15, 0.2) is 40.9 Å². The maximum absolute atomic E-state index is 6.24. The molecule has 2 aromatic carbocycles. The van der Waals surface area contributed by atoms with Crippen molar-refractivity contribution in [3.8, 4) is 5.75 Å². The van der Waals surface area contributed by atoms with Gasteiger partial charge in [-0.2, -0.15) is 0 Å². The SMILES string of the molecule is CCNC(c1ccc(Br)c(Cl)c1)c1ccc(OC)cc1C. The monoisotopic (exact) mass is 367 g/mol. The van der Waals surface area contributed by atoms with E-state index in [0.29, 0.717) is 0 Å². The molecule has 0 saturated carbocycles. The van der Waals surface area contributed by atoms with Crippen LogP contribution in [0.3, 0.4) is 0 Å². The summed E-state index contributed by atoms with van der Waals surface area (Å²) in [6, 6.07) is 12.4. The normalized spacial score (nSPS) is 12.2. The van der Waals surface area contributed by atoms with Gasteiger partial charge in [-0.05, 0) is 70.4 Å². The third-order valence-electron chi connectivity index (χ3n) is 3.47. The molecule has 1 N–H and O–H groups in total. The van der Waals surface area contributed by atoms with Gasteiger partial charge in [0, 0.05) is 4.47 Å². The Hall–Kier alpha value is -1.03. The van der Waals surface area contributed by atoms with Crippen LogP contribution >= 0.6 is 27.5 Å². The highest BCUT2D eigenvalue weighted by Crippen LogP contribution is 2.31. The van der Waals surface area contributed by atoms with Crippen molar-refractivity contribution in [2.75, 3.05) is 13.7 Å². The zero-order valence-corrected chi connectivity index (χ0v) is 14.8. The Balaban J connectivity index is 2.45. The molecular formula is C17H19BrClNO. The molecule has 0 aliphatic rings. The van der Waals surface area contributed by atoms with E-state index in [9.17, 15) is 0 Å². The Morgan fingerprint density at radius 1 is 1.24 bits per heavy atom. The van der Waals surface area contributed by atoms with Gasteiger partial charge in [0.05, 0.1) is 18.2 Å². The molecule has 0 aliphatic carbocycles. The van der Waals surface area contributed by atoms with Crippen molar-refractivity contribution in [3.05, 3.63) is 62.6 Å². The van der Waals surface area contributed by atoms with Gasteiger partial charge in [0.1, 0.15) is 5.75 Å². The van der Waals surface area contributed by atoms with E-state index in [1.165, 1.54) is 11.1 Å². The molecule has 4 heteroatoms. The van der Waals surface area contributed by atoms with Crippen LogP contribution in [0.25, 0.3) is 0 Å². The maximum Gasteiger partial charge on any atom is 0.119 e. The molecule has 21 heavy (non-hydrogen) atoms. The van der Waals surface area contributed by atoms with Crippen molar-refractivity contribution in [2.45, 2.75) is 19.9 Å². The standard InChI is InChI=1S/C17H19BrClNO/c1-4-20-17(12-5-8-15(18)16(19)10-12)14-7-6-13(21-3)9-11(14)2/h5-10,17,20H,4H2,1-3H3. The van der Waals surface area contributed by atoms with Crippen LogP contribution in [-0.4, -0.2) is 13.7 Å². The summed E-state index contributed by atoms with van der Waals surface area (Å²) in [6.07, 6.45) is 0. The maximum atomic E-state index is 6.24. The Labute approximate surface area is 139 Å². The Morgan fingerprint density at radius 2 is 2.00 bits per heavy atom. The van der Waals surface area contributed by atoms with E-state index in [4.69, 9.17) is 16.3 Å². The lowest BCUT2D eigenvalue weighted by atomic mass is 9.94. The highest BCUT2D eigenvalue weighted by molar-refractivity contribution is 9.10. The van der Waals surface area contributed by atoms with Crippen LogP contribution in [0.5, 0.6) is 5.75 Å². The third-order valence-corrected chi connectivity index (χ3v) is 4.71. The van der Waals surface area contributed by atoms with Gasteiger partial charge < -0.3 is 10.1 Å². The van der Waals surface area contributed by atoms with Crippen molar-refractivity contribution in [3.63, 3.8) is 0 Å². The third kappa shape index (κ3) is 3.79. The van der Waals surface area contributed by atoms with E-state index in [-0.39, 0.29) is 6.04 Å². The van der Waals surface area contributed by atoms with Gasteiger partial charge in [0.25, 0.3) is 0 Å². The predicted molar refractivity (Wildman–Crippen MR) is 92.4 cm³/mol. The first-order valence-electron chi connectivity index (χ1n) is 6.89. The molecule has 2 nitrogen and oxygen atoms in total. The predicted octanol–water partition coefficient (Wildman–Crippen LogP) is 5.12. The van der Waals surface area contributed by atoms with Crippen LogP contribution in [0.4, 0.5) is 0 Å². The minimum absolute atomic E-state index is 0.117. The molecule has 112 valence electrons. The quantitative estimate of drug-likeness (QED) is 0.791. The number of benzene rings is 2. The molecule has 2 rings (SSSR count). The van der Waals surface area contributed by atoms with Crippen molar-refractivity contribution in [1.29, 1.82) is 0 Å². The molecule has 0 amide bonds. The summed E-state index contributed by atoms with van der Waals surface area (Å²) in [7, 11) is 1.69. The summed E-state index contributed by atoms with van der Waals surface area (Å²) >= 11 is 9.68. The second-order valence-electron chi connectivity index (χ2n) is 4.89. The van der Waals surface area contributed by atoms with Gasteiger partial charge in [-0.15, -0.1) is 0 Å². The average molecular weight is 369 g/mol. The fraction of sp³-hybridized carbons (Fsp3) is 0.294. The number of methoxy groups -OCH3 is 1. The van der Waals surface area contributed by atoms with Crippen LogP contribution in [0, 0.1) is 6.92 Å². The molecule has 0 fully saturated rings. The van der Waals surface area contributed by atoms with Crippen molar-refractivity contribution in [1.82, 2.24) is 5.32 Å². The van der Waals surface area contributed by atoms with E-state index in [0.717, 1.165) is 27.4 Å². The van der Waals surface area contributed by atoms with Crippen molar-refractivity contribution >= 4 is 27.5 Å². The number of hydrogen-bond donors (Lipinski definition) is 1. The lowest BCUT2D eigenvalue weighted by Crippen LogP contribution is -2.22. The molecular weight excluding hydrogens is 350 g/mol. The first-order valence-corrected chi connectivity index (χ1v) is 8.06. The van der Waals surface area contributed by atoms with Crippen molar-refractivity contribution in [2.24, 2.45) is 0 Å². The first kappa shape index (κ1) is 16.3. The Morgan fingerprint density at radius 3 is 2.57 bits per heavy atom. The molecule has 0 aromatic heterocycles. The van der Waals surface area contributed by atoms with Gasteiger partial charge >= 0.3 is 0 Å². The van der Waals surface area contributed by atoms with Gasteiger partial charge in [-0.1, -0.05) is 30.7 Å². The zero-order valence-electron chi connectivity index (χ0n) is 12.4. The summed E-state index contributed by atoms with van der Waals surface area (Å²) in [6.45, 7) is 5.08. The molecule has 1 atom stereocenters. The van der Waals surface area contributed by atoms with Gasteiger partial charge in [-0.3, -0.25) is 0 Å².